The summed E-state index contributed by atoms with van der Waals surface area (Å²) in [6.45, 7) is 0. The van der Waals surface area contributed by atoms with Gasteiger partial charge in [-0.2, -0.15) is 8.42 Å². The van der Waals surface area contributed by atoms with Crippen LogP contribution in [0.2, 0.25) is 0 Å². The third-order valence-electron chi connectivity index (χ3n) is 2.92. The van der Waals surface area contributed by atoms with Crippen molar-refractivity contribution in [3.63, 3.8) is 0 Å². The standard InChI is InChI=1S/C16H15FO5S/c1-20-15-9-13(10-16(11-15)21-2)4-3-12-5-7-14(8-6-12)22-23(17,18)19/h3-11H,1-2H3. The third kappa shape index (κ3) is 5.30. The van der Waals surface area contributed by atoms with E-state index < -0.39 is 10.5 Å². The molecule has 0 radical (unpaired) electrons. The van der Waals surface area contributed by atoms with E-state index in [0.29, 0.717) is 11.5 Å². The quantitative estimate of drug-likeness (QED) is 0.596. The Morgan fingerprint density at radius 1 is 0.826 bits per heavy atom. The molecule has 2 rings (SSSR count). The molecule has 23 heavy (non-hydrogen) atoms. The Labute approximate surface area is 134 Å². The Kier molecular flexibility index (Phi) is 5.23. The second-order valence-electron chi connectivity index (χ2n) is 4.52. The molecule has 0 aliphatic rings. The van der Waals surface area contributed by atoms with Crippen LogP contribution in [-0.2, 0) is 10.5 Å². The van der Waals surface area contributed by atoms with Crippen molar-refractivity contribution in [1.82, 2.24) is 0 Å². The van der Waals surface area contributed by atoms with Crippen molar-refractivity contribution in [2.75, 3.05) is 14.2 Å². The van der Waals surface area contributed by atoms with Crippen LogP contribution >= 0.6 is 0 Å². The highest BCUT2D eigenvalue weighted by atomic mass is 32.3. The molecule has 2 aromatic rings. The van der Waals surface area contributed by atoms with E-state index in [1.54, 1.807) is 32.4 Å². The fourth-order valence-corrected chi connectivity index (χ4v) is 2.21. The van der Waals surface area contributed by atoms with Gasteiger partial charge in [0.1, 0.15) is 17.2 Å². The van der Waals surface area contributed by atoms with E-state index in [9.17, 15) is 12.3 Å². The molecule has 0 aliphatic carbocycles. The van der Waals surface area contributed by atoms with E-state index in [0.717, 1.165) is 11.1 Å². The summed E-state index contributed by atoms with van der Waals surface area (Å²) >= 11 is 0. The smallest absolute Gasteiger partial charge is 0.488 e. The molecule has 0 bridgehead atoms. The van der Waals surface area contributed by atoms with Gasteiger partial charge in [0.15, 0.2) is 0 Å². The van der Waals surface area contributed by atoms with Gasteiger partial charge in [0, 0.05) is 6.07 Å². The van der Waals surface area contributed by atoms with Gasteiger partial charge in [0.25, 0.3) is 0 Å². The molecule has 0 fully saturated rings. The molecule has 0 saturated heterocycles. The van der Waals surface area contributed by atoms with Crippen LogP contribution in [-0.4, -0.2) is 22.6 Å². The molecule has 122 valence electrons. The molecule has 0 saturated carbocycles. The lowest BCUT2D eigenvalue weighted by Crippen LogP contribution is -2.00. The number of ether oxygens (including phenoxy) is 2. The number of rotatable bonds is 6. The summed E-state index contributed by atoms with van der Waals surface area (Å²) in [6.07, 6.45) is 3.65. The van der Waals surface area contributed by atoms with Crippen molar-refractivity contribution in [1.29, 1.82) is 0 Å². The van der Waals surface area contributed by atoms with Gasteiger partial charge in [0.05, 0.1) is 14.2 Å². The molecular formula is C16H15FO5S. The highest BCUT2D eigenvalue weighted by Gasteiger charge is 2.08. The summed E-state index contributed by atoms with van der Waals surface area (Å²) < 4.78 is 47.7. The lowest BCUT2D eigenvalue weighted by molar-refractivity contribution is 0.394. The van der Waals surface area contributed by atoms with Crippen molar-refractivity contribution >= 4 is 22.7 Å². The van der Waals surface area contributed by atoms with Gasteiger partial charge in [0.2, 0.25) is 0 Å². The van der Waals surface area contributed by atoms with Crippen LogP contribution in [0.25, 0.3) is 12.2 Å². The number of benzene rings is 2. The van der Waals surface area contributed by atoms with Crippen molar-refractivity contribution in [2.24, 2.45) is 0 Å². The normalized spacial score (nSPS) is 11.4. The van der Waals surface area contributed by atoms with Crippen molar-refractivity contribution < 1.29 is 26.0 Å². The highest BCUT2D eigenvalue weighted by molar-refractivity contribution is 7.81. The minimum atomic E-state index is -5.01. The van der Waals surface area contributed by atoms with Crippen LogP contribution in [0.3, 0.4) is 0 Å². The predicted octanol–water partition coefficient (Wildman–Crippen LogP) is 3.47. The maximum atomic E-state index is 12.4. The van der Waals surface area contributed by atoms with Gasteiger partial charge in [-0.15, -0.1) is 0 Å². The van der Waals surface area contributed by atoms with Crippen molar-refractivity contribution in [2.45, 2.75) is 0 Å². The number of hydrogen-bond donors (Lipinski definition) is 0. The van der Waals surface area contributed by atoms with Gasteiger partial charge in [-0.1, -0.05) is 28.2 Å². The van der Waals surface area contributed by atoms with Gasteiger partial charge in [-0.05, 0) is 35.4 Å². The fraction of sp³-hybridized carbons (Fsp3) is 0.125. The van der Waals surface area contributed by atoms with E-state index in [2.05, 4.69) is 4.18 Å². The lowest BCUT2D eigenvalue weighted by atomic mass is 10.1. The summed E-state index contributed by atoms with van der Waals surface area (Å²) in [4.78, 5) is 0. The zero-order valence-electron chi connectivity index (χ0n) is 12.5. The zero-order chi connectivity index (χ0) is 16.9. The molecule has 5 nitrogen and oxygen atoms in total. The Bertz CT molecular complexity index is 775. The minimum absolute atomic E-state index is 0.0901. The van der Waals surface area contributed by atoms with E-state index >= 15 is 0 Å². The SMILES string of the molecule is COc1cc(C=Cc2ccc(OS(=O)(=O)F)cc2)cc(OC)c1. The Hall–Kier alpha value is -2.54. The molecule has 0 spiro atoms. The van der Waals surface area contributed by atoms with E-state index in [4.69, 9.17) is 9.47 Å². The minimum Gasteiger partial charge on any atom is -0.497 e. The van der Waals surface area contributed by atoms with E-state index in [-0.39, 0.29) is 5.75 Å². The van der Waals surface area contributed by atoms with E-state index in [1.807, 2.05) is 24.3 Å². The molecular weight excluding hydrogens is 323 g/mol. The lowest BCUT2D eigenvalue weighted by Gasteiger charge is -2.05. The van der Waals surface area contributed by atoms with Gasteiger partial charge in [-0.3, -0.25) is 0 Å². The summed E-state index contributed by atoms with van der Waals surface area (Å²) in [5.41, 5.74) is 1.66. The molecule has 0 unspecified atom stereocenters. The average molecular weight is 338 g/mol. The molecule has 0 amide bonds. The highest BCUT2D eigenvalue weighted by Crippen LogP contribution is 2.24. The Balaban J connectivity index is 2.17. The Morgan fingerprint density at radius 3 is 1.83 bits per heavy atom. The molecule has 0 N–H and O–H groups in total. The van der Waals surface area contributed by atoms with Crippen LogP contribution in [0.4, 0.5) is 3.89 Å². The molecule has 0 atom stereocenters. The Morgan fingerprint density at radius 2 is 1.35 bits per heavy atom. The van der Waals surface area contributed by atoms with Crippen LogP contribution in [0.15, 0.2) is 42.5 Å². The monoisotopic (exact) mass is 338 g/mol. The van der Waals surface area contributed by atoms with E-state index in [1.165, 1.54) is 12.1 Å². The topological polar surface area (TPSA) is 61.8 Å². The van der Waals surface area contributed by atoms with Crippen LogP contribution in [0.5, 0.6) is 17.2 Å². The third-order valence-corrected chi connectivity index (χ3v) is 3.31. The van der Waals surface area contributed by atoms with Gasteiger partial charge < -0.3 is 13.7 Å². The summed E-state index contributed by atoms with van der Waals surface area (Å²) in [5.74, 6) is 1.24. The van der Waals surface area contributed by atoms with Crippen LogP contribution in [0, 0.1) is 0 Å². The fourth-order valence-electron chi connectivity index (χ4n) is 1.87. The first-order valence-corrected chi connectivity index (χ1v) is 7.86. The molecule has 0 aromatic heterocycles. The first-order chi connectivity index (χ1) is 10.9. The number of hydrogen-bond acceptors (Lipinski definition) is 5. The second-order valence-corrected chi connectivity index (χ2v) is 5.48. The largest absolute Gasteiger partial charge is 0.497 e. The van der Waals surface area contributed by atoms with Crippen molar-refractivity contribution in [3.05, 3.63) is 53.6 Å². The molecule has 0 heterocycles. The summed E-state index contributed by atoms with van der Waals surface area (Å²) in [5, 5.41) is 0. The second kappa shape index (κ2) is 7.15. The van der Waals surface area contributed by atoms with Crippen molar-refractivity contribution in [3.8, 4) is 17.2 Å². The van der Waals surface area contributed by atoms with Gasteiger partial charge in [-0.25, -0.2) is 0 Å². The molecule has 0 aliphatic heterocycles. The molecule has 2 aromatic carbocycles. The maximum Gasteiger partial charge on any atom is 0.488 e. The zero-order valence-corrected chi connectivity index (χ0v) is 13.3. The first kappa shape index (κ1) is 16.8. The summed E-state index contributed by atoms with van der Waals surface area (Å²) in [6, 6.07) is 11.4. The van der Waals surface area contributed by atoms with Gasteiger partial charge >= 0.3 is 10.5 Å². The average Bonchev–Trinajstić information content (AvgIpc) is 2.52. The summed E-state index contributed by atoms with van der Waals surface area (Å²) in [7, 11) is -1.87. The first-order valence-electron chi connectivity index (χ1n) is 6.55. The molecule has 7 heteroatoms. The van der Waals surface area contributed by atoms with Crippen LogP contribution < -0.4 is 13.7 Å². The van der Waals surface area contributed by atoms with Crippen LogP contribution in [0.1, 0.15) is 11.1 Å². The number of methoxy groups -OCH3 is 2. The maximum absolute atomic E-state index is 12.4. The predicted molar refractivity (Wildman–Crippen MR) is 85.6 cm³/mol. The number of halogens is 1.